The molecule has 5 rings (SSSR count). The Kier molecular flexibility index (Phi) is 3.82. The summed E-state index contributed by atoms with van der Waals surface area (Å²) in [7, 11) is 0. The SMILES string of the molecule is CC1(C)C[C@H]2CN(c3ccc(N4CCC(F)(F)CC4)cc3)[C@@H]1CC2=O. The number of alkyl halides is 2. The van der Waals surface area contributed by atoms with Gasteiger partial charge < -0.3 is 9.80 Å². The summed E-state index contributed by atoms with van der Waals surface area (Å²) in [5.74, 6) is -1.96. The predicted molar refractivity (Wildman–Crippen MR) is 95.5 cm³/mol. The molecular formula is C20H26F2N2O. The summed E-state index contributed by atoms with van der Waals surface area (Å²) in [6.07, 6.45) is 1.48. The third-order valence-corrected chi connectivity index (χ3v) is 6.36. The van der Waals surface area contributed by atoms with E-state index < -0.39 is 5.92 Å². The molecule has 3 nitrogen and oxygen atoms in total. The van der Waals surface area contributed by atoms with E-state index in [2.05, 4.69) is 30.9 Å². The van der Waals surface area contributed by atoms with Gasteiger partial charge in [0.05, 0.1) is 0 Å². The standard InChI is InChI=1S/C20H26F2N2O/c1-19(2)12-14-13-24(18(19)11-17(14)25)16-5-3-15(4-6-16)23-9-7-20(21,22)8-10-23/h3-6,14,18H,7-13H2,1-2H3/t14-,18+/m0/s1. The minimum Gasteiger partial charge on any atom is -0.371 e. The molecule has 3 heterocycles. The van der Waals surface area contributed by atoms with Gasteiger partial charge in [0.2, 0.25) is 0 Å². The average Bonchev–Trinajstić information content (AvgIpc) is 2.56. The van der Waals surface area contributed by atoms with Gasteiger partial charge in [-0.1, -0.05) is 13.8 Å². The van der Waals surface area contributed by atoms with Gasteiger partial charge in [-0.05, 0) is 36.1 Å². The molecule has 4 fully saturated rings. The van der Waals surface area contributed by atoms with E-state index in [1.807, 2.05) is 17.0 Å². The summed E-state index contributed by atoms with van der Waals surface area (Å²) in [5, 5.41) is 0. The number of anilines is 2. The lowest BCUT2D eigenvalue weighted by Crippen LogP contribution is -2.60. The van der Waals surface area contributed by atoms with Crippen LogP contribution in [-0.2, 0) is 4.79 Å². The van der Waals surface area contributed by atoms with E-state index in [0.29, 0.717) is 25.3 Å². The van der Waals surface area contributed by atoms with Crippen LogP contribution in [0.5, 0.6) is 0 Å². The van der Waals surface area contributed by atoms with Crippen LogP contribution in [0.25, 0.3) is 0 Å². The molecule has 0 N–H and O–H groups in total. The summed E-state index contributed by atoms with van der Waals surface area (Å²) in [5.41, 5.74) is 2.30. The average molecular weight is 348 g/mol. The van der Waals surface area contributed by atoms with Crippen molar-refractivity contribution in [1.82, 2.24) is 0 Å². The highest BCUT2D eigenvalue weighted by Crippen LogP contribution is 2.46. The fourth-order valence-electron chi connectivity index (χ4n) is 4.81. The van der Waals surface area contributed by atoms with Crippen molar-refractivity contribution in [2.45, 2.75) is 51.5 Å². The number of fused-ring (bicyclic) bond motifs is 3. The highest BCUT2D eigenvalue weighted by atomic mass is 19.3. The number of nitrogens with zero attached hydrogens (tertiary/aromatic N) is 2. The molecule has 2 bridgehead atoms. The smallest absolute Gasteiger partial charge is 0.251 e. The molecule has 1 aromatic rings. The van der Waals surface area contributed by atoms with Crippen LogP contribution in [0.15, 0.2) is 24.3 Å². The molecule has 0 radical (unpaired) electrons. The lowest BCUT2D eigenvalue weighted by molar-refractivity contribution is -0.130. The molecule has 0 amide bonds. The zero-order valence-corrected chi connectivity index (χ0v) is 15.0. The first-order chi connectivity index (χ1) is 11.8. The van der Waals surface area contributed by atoms with Crippen LogP contribution in [0.1, 0.15) is 39.5 Å². The molecule has 136 valence electrons. The largest absolute Gasteiger partial charge is 0.371 e. The van der Waals surface area contributed by atoms with Crippen LogP contribution in [0.3, 0.4) is 0 Å². The van der Waals surface area contributed by atoms with E-state index in [0.717, 1.165) is 24.3 Å². The zero-order valence-electron chi connectivity index (χ0n) is 15.0. The first-order valence-electron chi connectivity index (χ1n) is 9.27. The lowest BCUT2D eigenvalue weighted by Gasteiger charge is -2.54. The predicted octanol–water partition coefficient (Wildman–Crippen LogP) is 4.12. The molecule has 0 unspecified atom stereocenters. The van der Waals surface area contributed by atoms with E-state index in [4.69, 9.17) is 0 Å². The van der Waals surface area contributed by atoms with Crippen molar-refractivity contribution >= 4 is 17.2 Å². The van der Waals surface area contributed by atoms with Crippen molar-refractivity contribution < 1.29 is 13.6 Å². The van der Waals surface area contributed by atoms with E-state index in [-0.39, 0.29) is 30.2 Å². The first kappa shape index (κ1) is 16.8. The number of carbonyl (C=O) groups is 1. The Morgan fingerprint density at radius 3 is 2.24 bits per heavy atom. The van der Waals surface area contributed by atoms with Gasteiger partial charge in [-0.2, -0.15) is 0 Å². The monoisotopic (exact) mass is 348 g/mol. The molecule has 25 heavy (non-hydrogen) atoms. The summed E-state index contributed by atoms with van der Waals surface area (Å²) >= 11 is 0. The van der Waals surface area contributed by atoms with E-state index >= 15 is 0 Å². The van der Waals surface area contributed by atoms with E-state index in [1.54, 1.807) is 0 Å². The third kappa shape index (κ3) is 3.02. The summed E-state index contributed by atoms with van der Waals surface area (Å²) in [6, 6.07) is 8.50. The van der Waals surface area contributed by atoms with Gasteiger partial charge in [0.15, 0.2) is 0 Å². The molecule has 3 saturated heterocycles. The van der Waals surface area contributed by atoms with Crippen LogP contribution in [0, 0.1) is 11.3 Å². The maximum atomic E-state index is 13.3. The number of halogens is 2. The maximum Gasteiger partial charge on any atom is 0.251 e. The number of carbonyl (C=O) groups excluding carboxylic acids is 1. The van der Waals surface area contributed by atoms with Gasteiger partial charge in [-0.15, -0.1) is 0 Å². The van der Waals surface area contributed by atoms with E-state index in [1.165, 1.54) is 0 Å². The van der Waals surface area contributed by atoms with Crippen LogP contribution in [0.2, 0.25) is 0 Å². The lowest BCUT2D eigenvalue weighted by atomic mass is 9.64. The molecule has 4 aliphatic rings. The Hall–Kier alpha value is -1.65. The Morgan fingerprint density at radius 1 is 1.04 bits per heavy atom. The van der Waals surface area contributed by atoms with E-state index in [9.17, 15) is 13.6 Å². The van der Waals surface area contributed by atoms with Gasteiger partial charge in [-0.3, -0.25) is 4.79 Å². The number of hydrogen-bond donors (Lipinski definition) is 0. The zero-order chi connectivity index (χ0) is 17.8. The molecule has 0 spiro atoms. The quantitative estimate of drug-likeness (QED) is 0.803. The van der Waals surface area contributed by atoms with Gasteiger partial charge in [0.1, 0.15) is 5.78 Å². The maximum absolute atomic E-state index is 13.3. The highest BCUT2D eigenvalue weighted by Gasteiger charge is 2.49. The molecular weight excluding hydrogens is 322 g/mol. The van der Waals surface area contributed by atoms with Crippen molar-refractivity contribution in [2.75, 3.05) is 29.4 Å². The number of rotatable bonds is 2. The van der Waals surface area contributed by atoms with Crippen molar-refractivity contribution in [3.63, 3.8) is 0 Å². The molecule has 0 aromatic heterocycles. The topological polar surface area (TPSA) is 23.6 Å². The van der Waals surface area contributed by atoms with Gasteiger partial charge in [0.25, 0.3) is 5.92 Å². The second-order valence-electron chi connectivity index (χ2n) is 8.59. The number of benzene rings is 1. The molecule has 5 heteroatoms. The minimum absolute atomic E-state index is 0.0685. The Balaban J connectivity index is 1.50. The van der Waals surface area contributed by atoms with Gasteiger partial charge in [-0.25, -0.2) is 8.78 Å². The number of Topliss-reactive ketones (excluding diaryl/α,β-unsaturated/α-hetero) is 1. The molecule has 1 saturated carbocycles. The summed E-state index contributed by atoms with van der Waals surface area (Å²) in [6.45, 7) is 6.13. The second kappa shape index (κ2) is 5.68. The van der Waals surface area contributed by atoms with Crippen molar-refractivity contribution in [2.24, 2.45) is 11.3 Å². The molecule has 3 aliphatic heterocycles. The first-order valence-corrected chi connectivity index (χ1v) is 9.27. The van der Waals surface area contributed by atoms with Crippen LogP contribution < -0.4 is 9.80 Å². The number of hydrogen-bond acceptors (Lipinski definition) is 3. The molecule has 1 aromatic carbocycles. The summed E-state index contributed by atoms with van der Waals surface area (Å²) < 4.78 is 26.7. The Bertz CT molecular complexity index is 661. The van der Waals surface area contributed by atoms with Crippen LogP contribution in [-0.4, -0.2) is 37.4 Å². The molecule has 2 atom stereocenters. The Morgan fingerprint density at radius 2 is 1.64 bits per heavy atom. The highest BCUT2D eigenvalue weighted by molar-refractivity contribution is 5.86. The number of ketones is 1. The van der Waals surface area contributed by atoms with Crippen molar-refractivity contribution in [3.05, 3.63) is 24.3 Å². The normalized spacial score (nSPS) is 30.6. The third-order valence-electron chi connectivity index (χ3n) is 6.36. The van der Waals surface area contributed by atoms with Crippen LogP contribution in [0.4, 0.5) is 20.2 Å². The minimum atomic E-state index is -2.51. The Labute approximate surface area is 148 Å². The van der Waals surface area contributed by atoms with Gasteiger partial charge in [0, 0.05) is 62.2 Å². The fraction of sp³-hybridized carbons (Fsp3) is 0.650. The molecule has 1 aliphatic carbocycles. The number of piperidine rings is 3. The second-order valence-corrected chi connectivity index (χ2v) is 8.59. The van der Waals surface area contributed by atoms with Crippen LogP contribution >= 0.6 is 0 Å². The van der Waals surface area contributed by atoms with Crippen molar-refractivity contribution in [3.8, 4) is 0 Å². The van der Waals surface area contributed by atoms with Gasteiger partial charge >= 0.3 is 0 Å². The fourth-order valence-corrected chi connectivity index (χ4v) is 4.81. The van der Waals surface area contributed by atoms with Crippen molar-refractivity contribution in [1.29, 1.82) is 0 Å². The summed E-state index contributed by atoms with van der Waals surface area (Å²) in [4.78, 5) is 16.6.